The SMILES string of the molecule is CCOc1ccc([C@H](C)N(C)C(=O)[C@@H](C)Cn2cnc3ccccc32)cc1. The first-order valence-electron chi connectivity index (χ1n) is 9.40. The van der Waals surface area contributed by atoms with Crippen LogP contribution in [0.1, 0.15) is 32.4 Å². The van der Waals surface area contributed by atoms with E-state index in [0.29, 0.717) is 13.2 Å². The van der Waals surface area contributed by atoms with Gasteiger partial charge in [0.1, 0.15) is 5.75 Å². The largest absolute Gasteiger partial charge is 0.494 e. The summed E-state index contributed by atoms with van der Waals surface area (Å²) >= 11 is 0. The van der Waals surface area contributed by atoms with Crippen molar-refractivity contribution in [2.45, 2.75) is 33.4 Å². The molecule has 5 nitrogen and oxygen atoms in total. The third kappa shape index (κ3) is 4.13. The first kappa shape index (κ1) is 19.0. The third-order valence-corrected chi connectivity index (χ3v) is 5.02. The Labute approximate surface area is 160 Å². The molecule has 0 unspecified atom stereocenters. The van der Waals surface area contributed by atoms with Gasteiger partial charge in [-0.05, 0) is 43.7 Å². The van der Waals surface area contributed by atoms with Gasteiger partial charge in [-0.1, -0.05) is 31.2 Å². The fraction of sp³-hybridized carbons (Fsp3) is 0.364. The Hall–Kier alpha value is -2.82. The van der Waals surface area contributed by atoms with Crippen LogP contribution in [0, 0.1) is 5.92 Å². The topological polar surface area (TPSA) is 47.4 Å². The summed E-state index contributed by atoms with van der Waals surface area (Å²) in [7, 11) is 1.87. The minimum atomic E-state index is -0.141. The number of nitrogens with zero attached hydrogens (tertiary/aromatic N) is 3. The van der Waals surface area contributed by atoms with E-state index >= 15 is 0 Å². The molecular weight excluding hydrogens is 338 g/mol. The maximum Gasteiger partial charge on any atom is 0.227 e. The maximum absolute atomic E-state index is 13.0. The normalized spacial score (nSPS) is 13.3. The molecule has 0 bridgehead atoms. The molecule has 3 rings (SSSR count). The molecule has 27 heavy (non-hydrogen) atoms. The van der Waals surface area contributed by atoms with Crippen molar-refractivity contribution in [2.75, 3.05) is 13.7 Å². The van der Waals surface area contributed by atoms with E-state index in [4.69, 9.17) is 4.74 Å². The van der Waals surface area contributed by atoms with E-state index in [9.17, 15) is 4.79 Å². The summed E-state index contributed by atoms with van der Waals surface area (Å²) in [6.07, 6.45) is 1.81. The molecule has 0 aliphatic carbocycles. The molecule has 2 atom stereocenters. The number of carbonyl (C=O) groups excluding carboxylic acids is 1. The van der Waals surface area contributed by atoms with Gasteiger partial charge in [-0.3, -0.25) is 4.79 Å². The highest BCUT2D eigenvalue weighted by molar-refractivity contribution is 5.79. The van der Waals surface area contributed by atoms with Crippen molar-refractivity contribution in [3.05, 3.63) is 60.4 Å². The molecule has 1 heterocycles. The van der Waals surface area contributed by atoms with Gasteiger partial charge in [-0.15, -0.1) is 0 Å². The van der Waals surface area contributed by atoms with Crippen LogP contribution >= 0.6 is 0 Å². The molecule has 0 radical (unpaired) electrons. The zero-order chi connectivity index (χ0) is 19.4. The van der Waals surface area contributed by atoms with Crippen LogP contribution in [0.5, 0.6) is 5.75 Å². The summed E-state index contributed by atoms with van der Waals surface area (Å²) in [4.78, 5) is 19.2. The van der Waals surface area contributed by atoms with Crippen LogP contribution in [0.2, 0.25) is 0 Å². The molecule has 2 aromatic carbocycles. The van der Waals surface area contributed by atoms with Gasteiger partial charge in [0.2, 0.25) is 5.91 Å². The number of benzene rings is 2. The standard InChI is InChI=1S/C22H27N3O2/c1-5-27-19-12-10-18(11-13-19)17(3)24(4)22(26)16(2)14-25-15-23-20-8-6-7-9-21(20)25/h6-13,15-17H,5,14H2,1-4H3/t16-,17-/m0/s1. The summed E-state index contributed by atoms with van der Waals surface area (Å²) < 4.78 is 7.54. The number of amides is 1. The van der Waals surface area contributed by atoms with E-state index in [2.05, 4.69) is 4.98 Å². The van der Waals surface area contributed by atoms with Crippen LogP contribution in [0.25, 0.3) is 11.0 Å². The molecule has 1 amide bonds. The summed E-state index contributed by atoms with van der Waals surface area (Å²) in [5, 5.41) is 0. The molecule has 1 aromatic heterocycles. The lowest BCUT2D eigenvalue weighted by Crippen LogP contribution is -2.35. The Kier molecular flexibility index (Phi) is 5.79. The Balaban J connectivity index is 1.68. The molecule has 0 spiro atoms. The number of hydrogen-bond donors (Lipinski definition) is 0. The molecule has 0 saturated carbocycles. The van der Waals surface area contributed by atoms with Crippen LogP contribution in [-0.2, 0) is 11.3 Å². The first-order chi connectivity index (χ1) is 13.0. The van der Waals surface area contributed by atoms with E-state index in [1.165, 1.54) is 0 Å². The molecule has 142 valence electrons. The number of aromatic nitrogens is 2. The van der Waals surface area contributed by atoms with Gasteiger partial charge < -0.3 is 14.2 Å². The van der Waals surface area contributed by atoms with Gasteiger partial charge in [-0.25, -0.2) is 4.98 Å². The highest BCUT2D eigenvalue weighted by Gasteiger charge is 2.23. The average molecular weight is 365 g/mol. The van der Waals surface area contributed by atoms with Crippen molar-refractivity contribution in [2.24, 2.45) is 5.92 Å². The van der Waals surface area contributed by atoms with Crippen molar-refractivity contribution in [1.82, 2.24) is 14.5 Å². The molecular formula is C22H27N3O2. The van der Waals surface area contributed by atoms with E-state index in [-0.39, 0.29) is 17.9 Å². The Morgan fingerprint density at radius 1 is 1.15 bits per heavy atom. The molecule has 3 aromatic rings. The molecule has 0 aliphatic rings. The highest BCUT2D eigenvalue weighted by atomic mass is 16.5. The number of ether oxygens (including phenoxy) is 1. The van der Waals surface area contributed by atoms with Crippen molar-refractivity contribution in [3.63, 3.8) is 0 Å². The van der Waals surface area contributed by atoms with E-state index < -0.39 is 0 Å². The quantitative estimate of drug-likeness (QED) is 0.627. The van der Waals surface area contributed by atoms with E-state index in [0.717, 1.165) is 22.3 Å². The monoisotopic (exact) mass is 365 g/mol. The third-order valence-electron chi connectivity index (χ3n) is 5.02. The highest BCUT2D eigenvalue weighted by Crippen LogP contribution is 2.24. The summed E-state index contributed by atoms with van der Waals surface area (Å²) in [5.74, 6) is 0.828. The van der Waals surface area contributed by atoms with Crippen LogP contribution in [0.3, 0.4) is 0 Å². The zero-order valence-electron chi connectivity index (χ0n) is 16.4. The Morgan fingerprint density at radius 3 is 2.56 bits per heavy atom. The molecule has 0 aliphatic heterocycles. The zero-order valence-corrected chi connectivity index (χ0v) is 16.4. The summed E-state index contributed by atoms with van der Waals surface area (Å²) in [5.41, 5.74) is 3.10. The maximum atomic E-state index is 13.0. The number of hydrogen-bond acceptors (Lipinski definition) is 3. The number of fused-ring (bicyclic) bond motifs is 1. The van der Waals surface area contributed by atoms with E-state index in [1.54, 1.807) is 0 Å². The molecule has 0 saturated heterocycles. The predicted octanol–water partition coefficient (Wildman–Crippen LogP) is 4.29. The second-order valence-electron chi connectivity index (χ2n) is 6.91. The number of rotatable bonds is 7. The number of imidazole rings is 1. The molecule has 5 heteroatoms. The minimum Gasteiger partial charge on any atom is -0.494 e. The van der Waals surface area contributed by atoms with Gasteiger partial charge in [0, 0.05) is 13.6 Å². The van der Waals surface area contributed by atoms with Crippen molar-refractivity contribution in [3.8, 4) is 5.75 Å². The van der Waals surface area contributed by atoms with Crippen molar-refractivity contribution >= 4 is 16.9 Å². The fourth-order valence-electron chi connectivity index (χ4n) is 3.30. The fourth-order valence-corrected chi connectivity index (χ4v) is 3.30. The molecule has 0 N–H and O–H groups in total. The van der Waals surface area contributed by atoms with Gasteiger partial charge in [0.05, 0.1) is 35.9 Å². The second-order valence-corrected chi connectivity index (χ2v) is 6.91. The van der Waals surface area contributed by atoms with E-state index in [1.807, 2.05) is 92.1 Å². The Bertz CT molecular complexity index is 901. The van der Waals surface area contributed by atoms with Crippen LogP contribution < -0.4 is 4.74 Å². The Morgan fingerprint density at radius 2 is 1.85 bits per heavy atom. The number of carbonyl (C=O) groups is 1. The van der Waals surface area contributed by atoms with Crippen LogP contribution in [0.4, 0.5) is 0 Å². The summed E-state index contributed by atoms with van der Waals surface area (Å²) in [6.45, 7) is 7.24. The minimum absolute atomic E-state index is 0.00448. The average Bonchev–Trinajstić information content (AvgIpc) is 3.10. The predicted molar refractivity (Wildman–Crippen MR) is 108 cm³/mol. The lowest BCUT2D eigenvalue weighted by molar-refractivity contribution is -0.136. The lowest BCUT2D eigenvalue weighted by atomic mass is 10.0. The molecule has 0 fully saturated rings. The number of para-hydroxylation sites is 2. The smallest absolute Gasteiger partial charge is 0.227 e. The van der Waals surface area contributed by atoms with Gasteiger partial charge >= 0.3 is 0 Å². The second kappa shape index (κ2) is 8.25. The lowest BCUT2D eigenvalue weighted by Gasteiger charge is -2.28. The summed E-state index contributed by atoms with van der Waals surface area (Å²) in [6, 6.07) is 15.9. The van der Waals surface area contributed by atoms with Gasteiger partial charge in [0.15, 0.2) is 0 Å². The first-order valence-corrected chi connectivity index (χ1v) is 9.40. The van der Waals surface area contributed by atoms with Crippen molar-refractivity contribution in [1.29, 1.82) is 0 Å². The van der Waals surface area contributed by atoms with Gasteiger partial charge in [-0.2, -0.15) is 0 Å². The van der Waals surface area contributed by atoms with Crippen LogP contribution in [0.15, 0.2) is 54.9 Å². The van der Waals surface area contributed by atoms with Crippen LogP contribution in [-0.4, -0.2) is 34.0 Å². The van der Waals surface area contributed by atoms with Gasteiger partial charge in [0.25, 0.3) is 0 Å². The van der Waals surface area contributed by atoms with Crippen molar-refractivity contribution < 1.29 is 9.53 Å².